The molecule has 0 saturated carbocycles. The number of carbonyl (C=O) groups excluding carboxylic acids is 2. The fourth-order valence-electron chi connectivity index (χ4n) is 3.30. The van der Waals surface area contributed by atoms with Gasteiger partial charge in [0.2, 0.25) is 0 Å². The van der Waals surface area contributed by atoms with Gasteiger partial charge in [0.25, 0.3) is 5.91 Å². The van der Waals surface area contributed by atoms with Crippen molar-refractivity contribution in [2.75, 3.05) is 0 Å². The number of hydrogen-bond donors (Lipinski definition) is 3. The number of unbranched alkanes of at least 4 members (excludes halogenated alkanes) is 2. The van der Waals surface area contributed by atoms with Crippen molar-refractivity contribution in [2.24, 2.45) is 0 Å². The van der Waals surface area contributed by atoms with Crippen LogP contribution in [0.25, 0.3) is 11.4 Å². The first-order valence-corrected chi connectivity index (χ1v) is 9.57. The highest BCUT2D eigenvalue weighted by Gasteiger charge is 2.26. The Labute approximate surface area is 158 Å². The molecule has 6 nitrogen and oxygen atoms in total. The van der Waals surface area contributed by atoms with Crippen LogP contribution in [0.4, 0.5) is 0 Å². The molecule has 0 spiro atoms. The van der Waals surface area contributed by atoms with E-state index in [-0.39, 0.29) is 17.1 Å². The van der Waals surface area contributed by atoms with Crippen LogP contribution in [-0.2, 0) is 17.6 Å². The van der Waals surface area contributed by atoms with E-state index in [9.17, 15) is 9.59 Å². The Balaban J connectivity index is 1.57. The first-order valence-electron chi connectivity index (χ1n) is 9.06. The van der Waals surface area contributed by atoms with E-state index in [1.54, 1.807) is 13.1 Å². The first-order chi connectivity index (χ1) is 12.6. The van der Waals surface area contributed by atoms with E-state index in [1.165, 1.54) is 5.56 Å². The average Bonchev–Trinajstić information content (AvgIpc) is 3.05. The van der Waals surface area contributed by atoms with Crippen molar-refractivity contribution in [3.63, 3.8) is 0 Å². The number of nitrogens with zero attached hydrogens (tertiary/aromatic N) is 2. The van der Waals surface area contributed by atoms with E-state index in [1.807, 2.05) is 6.07 Å². The number of pyridine rings is 1. The number of nitrogens with one attached hydrogen (secondary N) is 2. The third-order valence-corrected chi connectivity index (χ3v) is 5.05. The quantitative estimate of drug-likeness (QED) is 0.377. The van der Waals surface area contributed by atoms with Crippen molar-refractivity contribution in [3.8, 4) is 11.4 Å². The van der Waals surface area contributed by atoms with Crippen LogP contribution in [0.15, 0.2) is 18.3 Å². The van der Waals surface area contributed by atoms with Crippen molar-refractivity contribution in [2.45, 2.75) is 57.2 Å². The number of hydrogen-bond acceptors (Lipinski definition) is 5. The van der Waals surface area contributed by atoms with Crippen molar-refractivity contribution in [1.29, 1.82) is 0 Å². The largest absolute Gasteiger partial charge is 0.339 e. The summed E-state index contributed by atoms with van der Waals surface area (Å²) < 4.78 is 0. The molecular weight excluding hydrogens is 348 g/mol. The molecule has 0 saturated heterocycles. The maximum Gasteiger partial charge on any atom is 0.272 e. The van der Waals surface area contributed by atoms with E-state index in [0.717, 1.165) is 55.5 Å². The molecule has 7 heteroatoms. The Morgan fingerprint density at radius 3 is 2.96 bits per heavy atom. The maximum atomic E-state index is 12.6. The minimum atomic E-state index is -0.221. The molecule has 1 unspecified atom stereocenters. The van der Waals surface area contributed by atoms with Gasteiger partial charge in [0.1, 0.15) is 5.78 Å². The second-order valence-corrected chi connectivity index (χ2v) is 7.35. The summed E-state index contributed by atoms with van der Waals surface area (Å²) in [6.45, 7) is 1.61. The van der Waals surface area contributed by atoms with E-state index in [0.29, 0.717) is 12.1 Å². The normalized spacial score (nSPS) is 13.6. The van der Waals surface area contributed by atoms with Gasteiger partial charge in [-0.25, -0.2) is 0 Å². The molecule has 0 aliphatic heterocycles. The summed E-state index contributed by atoms with van der Waals surface area (Å²) in [5.41, 5.74) is 4.26. The van der Waals surface area contributed by atoms with Crippen LogP contribution >= 0.6 is 12.6 Å². The summed E-state index contributed by atoms with van der Waals surface area (Å²) in [6, 6.07) is 3.98. The SMILES string of the molecule is CC(=O)CCCCCC(S)NC(=O)c1n[nH]c2c1CCc1cccnc1-2. The van der Waals surface area contributed by atoms with Crippen molar-refractivity contribution < 1.29 is 9.59 Å². The molecule has 1 amide bonds. The van der Waals surface area contributed by atoms with Crippen LogP contribution in [0.3, 0.4) is 0 Å². The number of thiol groups is 1. The molecule has 2 aromatic heterocycles. The molecule has 138 valence electrons. The van der Waals surface area contributed by atoms with Crippen LogP contribution in [0, 0.1) is 0 Å². The molecule has 3 rings (SSSR count). The van der Waals surface area contributed by atoms with Gasteiger partial charge < -0.3 is 10.1 Å². The van der Waals surface area contributed by atoms with Gasteiger partial charge in [0.15, 0.2) is 5.69 Å². The highest BCUT2D eigenvalue weighted by Crippen LogP contribution is 2.31. The predicted octanol–water partition coefficient (Wildman–Crippen LogP) is 3.10. The monoisotopic (exact) mass is 372 g/mol. The third kappa shape index (κ3) is 4.33. The molecule has 2 aromatic rings. The molecule has 0 fully saturated rings. The fraction of sp³-hybridized carbons (Fsp3) is 0.474. The van der Waals surface area contributed by atoms with Gasteiger partial charge in [-0.05, 0) is 44.2 Å². The zero-order valence-corrected chi connectivity index (χ0v) is 15.8. The molecule has 0 bridgehead atoms. The number of H-pyrrole nitrogens is 1. The predicted molar refractivity (Wildman–Crippen MR) is 103 cm³/mol. The average molecular weight is 372 g/mol. The van der Waals surface area contributed by atoms with Crippen molar-refractivity contribution >= 4 is 24.3 Å². The molecule has 2 heterocycles. The summed E-state index contributed by atoms with van der Waals surface area (Å²) in [4.78, 5) is 27.9. The smallest absolute Gasteiger partial charge is 0.272 e. The number of aromatic nitrogens is 3. The zero-order chi connectivity index (χ0) is 18.5. The van der Waals surface area contributed by atoms with Crippen molar-refractivity contribution in [1.82, 2.24) is 20.5 Å². The minimum absolute atomic E-state index is 0.203. The molecule has 0 aromatic carbocycles. The summed E-state index contributed by atoms with van der Waals surface area (Å²) in [5.74, 6) is 0.0192. The van der Waals surface area contributed by atoms with Gasteiger partial charge in [-0.2, -0.15) is 17.7 Å². The third-order valence-electron chi connectivity index (χ3n) is 4.66. The summed E-state index contributed by atoms with van der Waals surface area (Å²) in [7, 11) is 0. The first kappa shape index (κ1) is 18.6. The highest BCUT2D eigenvalue weighted by atomic mass is 32.1. The zero-order valence-electron chi connectivity index (χ0n) is 14.9. The number of ketones is 1. The van der Waals surface area contributed by atoms with Crippen LogP contribution in [0.5, 0.6) is 0 Å². The molecule has 1 aliphatic carbocycles. The Bertz CT molecular complexity index is 803. The lowest BCUT2D eigenvalue weighted by Gasteiger charge is -2.16. The number of fused-ring (bicyclic) bond motifs is 3. The Kier molecular flexibility index (Phi) is 6.08. The van der Waals surface area contributed by atoms with Crippen LogP contribution in [-0.4, -0.2) is 32.2 Å². The summed E-state index contributed by atoms with van der Waals surface area (Å²) in [6.07, 6.45) is 7.56. The number of rotatable bonds is 8. The van der Waals surface area contributed by atoms with Crippen LogP contribution in [0.2, 0.25) is 0 Å². The standard InChI is InChI=1S/C19H24N4O2S/c1-12(24)6-3-2-4-8-15(26)21-19(25)18-14-10-9-13-7-5-11-20-16(13)17(14)22-23-18/h5,7,11,15,26H,2-4,6,8-10H2,1H3,(H,21,25)(H,22,23). The summed E-state index contributed by atoms with van der Waals surface area (Å²) >= 11 is 4.47. The lowest BCUT2D eigenvalue weighted by atomic mass is 9.92. The van der Waals surface area contributed by atoms with Crippen LogP contribution < -0.4 is 5.32 Å². The van der Waals surface area contributed by atoms with Gasteiger partial charge in [0.05, 0.1) is 16.8 Å². The van der Waals surface area contributed by atoms with E-state index >= 15 is 0 Å². The minimum Gasteiger partial charge on any atom is -0.339 e. The van der Waals surface area contributed by atoms with E-state index in [2.05, 4.69) is 39.2 Å². The second kappa shape index (κ2) is 8.49. The van der Waals surface area contributed by atoms with Gasteiger partial charge >= 0.3 is 0 Å². The van der Waals surface area contributed by atoms with E-state index in [4.69, 9.17) is 0 Å². The Morgan fingerprint density at radius 1 is 1.31 bits per heavy atom. The molecule has 2 N–H and O–H groups in total. The fourth-order valence-corrected chi connectivity index (χ4v) is 3.60. The number of aryl methyl sites for hydroxylation is 1. The number of Topliss-reactive ketones (excluding diaryl/α,β-unsaturated/α-hetero) is 1. The molecular formula is C19H24N4O2S. The lowest BCUT2D eigenvalue weighted by molar-refractivity contribution is -0.117. The molecule has 1 aliphatic rings. The lowest BCUT2D eigenvalue weighted by Crippen LogP contribution is -2.32. The summed E-state index contributed by atoms with van der Waals surface area (Å²) in [5, 5.41) is 9.90. The number of amides is 1. The Morgan fingerprint density at radius 2 is 2.15 bits per heavy atom. The van der Waals surface area contributed by atoms with Crippen LogP contribution in [0.1, 0.15) is 60.6 Å². The molecule has 26 heavy (non-hydrogen) atoms. The second-order valence-electron chi connectivity index (χ2n) is 6.73. The van der Waals surface area contributed by atoms with Gasteiger partial charge in [-0.15, -0.1) is 0 Å². The Hall–Kier alpha value is -2.15. The number of carbonyl (C=O) groups is 2. The maximum absolute atomic E-state index is 12.6. The topological polar surface area (TPSA) is 87.7 Å². The highest BCUT2D eigenvalue weighted by molar-refractivity contribution is 7.80. The van der Waals surface area contributed by atoms with Gasteiger partial charge in [-0.3, -0.25) is 14.9 Å². The molecule has 0 radical (unpaired) electrons. The van der Waals surface area contributed by atoms with Gasteiger partial charge in [0, 0.05) is 18.2 Å². The number of aromatic amines is 1. The van der Waals surface area contributed by atoms with Crippen molar-refractivity contribution in [3.05, 3.63) is 35.2 Å². The van der Waals surface area contributed by atoms with Gasteiger partial charge in [-0.1, -0.05) is 18.9 Å². The van der Waals surface area contributed by atoms with E-state index < -0.39 is 0 Å². The molecule has 1 atom stereocenters.